The van der Waals surface area contributed by atoms with Crippen LogP contribution in [0.25, 0.3) is 11.2 Å². The Bertz CT molecular complexity index is 816. The third-order valence-electron chi connectivity index (χ3n) is 3.45. The molecule has 3 heterocycles. The Morgan fingerprint density at radius 2 is 2.22 bits per heavy atom. The Morgan fingerprint density at radius 3 is 2.91 bits per heavy atom. The van der Waals surface area contributed by atoms with Crippen LogP contribution in [-0.4, -0.2) is 59.5 Å². The summed E-state index contributed by atoms with van der Waals surface area (Å²) >= 11 is 0. The highest BCUT2D eigenvalue weighted by Crippen LogP contribution is 2.35. The number of rotatable bonds is 4. The molecular weight excluding hydrogens is 331 g/mol. The summed E-state index contributed by atoms with van der Waals surface area (Å²) < 4.78 is 22.3. The highest BCUT2D eigenvalue weighted by Gasteiger charge is 2.44. The number of aromatic nitrogens is 4. The monoisotopic (exact) mass is 346 g/mol. The fourth-order valence-electron chi connectivity index (χ4n) is 2.36. The summed E-state index contributed by atoms with van der Waals surface area (Å²) in [5, 5.41) is 27.8. The van der Waals surface area contributed by atoms with Crippen molar-refractivity contribution in [3.63, 3.8) is 0 Å². The van der Waals surface area contributed by atoms with Gasteiger partial charge in [0.2, 0.25) is 0 Å². The molecule has 0 aliphatic carbocycles. The lowest BCUT2D eigenvalue weighted by atomic mass is 10.1. The first-order valence-corrected chi connectivity index (χ1v) is 8.15. The van der Waals surface area contributed by atoms with Crippen molar-refractivity contribution in [2.45, 2.75) is 24.5 Å². The van der Waals surface area contributed by atoms with Crippen LogP contribution in [0.3, 0.4) is 0 Å². The molecule has 2 aromatic rings. The fraction of sp³-hybridized carbons (Fsp3) is 0.500. The van der Waals surface area contributed by atoms with Gasteiger partial charge in [-0.05, 0) is 0 Å². The van der Waals surface area contributed by atoms with E-state index < -0.39 is 38.9 Å². The Hall–Kier alpha value is -1.66. The summed E-state index contributed by atoms with van der Waals surface area (Å²) in [7, 11) is -4.23. The first kappa shape index (κ1) is 16.2. The number of fused-ring (bicyclic) bond motifs is 1. The lowest BCUT2D eigenvalue weighted by Gasteiger charge is -2.18. The molecular formula is C10H15N6O6P. The summed E-state index contributed by atoms with van der Waals surface area (Å²) in [4.78, 5) is 19.5. The number of nitrogens with two attached hydrogens (primary N) is 1. The van der Waals surface area contributed by atoms with Gasteiger partial charge in [0, 0.05) is 0 Å². The third-order valence-corrected chi connectivity index (χ3v) is 3.97. The molecule has 2 aromatic heterocycles. The maximum Gasteiger partial charge on any atom is 0.400 e. The minimum Gasteiger partial charge on any atom is -0.387 e. The van der Waals surface area contributed by atoms with E-state index in [9.17, 15) is 14.8 Å². The zero-order chi connectivity index (χ0) is 16.8. The smallest absolute Gasteiger partial charge is 0.387 e. The molecule has 0 aromatic carbocycles. The topological polar surface area (TPSA) is 193 Å². The predicted octanol–water partition coefficient (Wildman–Crippen LogP) is -2.07. The van der Waals surface area contributed by atoms with Gasteiger partial charge >= 0.3 is 7.75 Å². The molecule has 5 atom stereocenters. The minimum atomic E-state index is -4.23. The fourth-order valence-corrected chi connectivity index (χ4v) is 2.72. The molecule has 5 unspecified atom stereocenters. The Morgan fingerprint density at radius 1 is 1.48 bits per heavy atom. The number of H-pyrrole nitrogens is 1. The third kappa shape index (κ3) is 3.05. The van der Waals surface area contributed by atoms with Crippen LogP contribution in [0.15, 0.2) is 12.7 Å². The number of nitrogens with zero attached hydrogens (tertiary/aromatic N) is 3. The molecule has 0 spiro atoms. The van der Waals surface area contributed by atoms with Gasteiger partial charge in [0.15, 0.2) is 17.4 Å². The number of aromatic amines is 1. The molecule has 1 saturated heterocycles. The summed E-state index contributed by atoms with van der Waals surface area (Å²) in [6.07, 6.45) is -2.26. The Balaban J connectivity index is 1.88. The van der Waals surface area contributed by atoms with Crippen molar-refractivity contribution in [2.75, 3.05) is 6.61 Å². The SMILES string of the molecule is N=c1ncn(C2OC(COP(N)(=O)O)C(O)C2O)c2nc[nH]c12. The number of imidazole rings is 1. The Labute approximate surface area is 128 Å². The summed E-state index contributed by atoms with van der Waals surface area (Å²) in [5.41, 5.74) is 5.45. The van der Waals surface area contributed by atoms with E-state index in [1.165, 1.54) is 17.2 Å². The van der Waals surface area contributed by atoms with Crippen molar-refractivity contribution in [3.8, 4) is 0 Å². The quantitative estimate of drug-likeness (QED) is 0.337. The molecule has 7 N–H and O–H groups in total. The summed E-state index contributed by atoms with van der Waals surface area (Å²) in [5.74, 6) is 0. The molecule has 3 rings (SSSR count). The summed E-state index contributed by atoms with van der Waals surface area (Å²) in [6.45, 7) is -0.479. The van der Waals surface area contributed by atoms with Crippen molar-refractivity contribution >= 4 is 18.9 Å². The van der Waals surface area contributed by atoms with Gasteiger partial charge in [0.25, 0.3) is 0 Å². The normalized spacial score (nSPS) is 30.6. The zero-order valence-electron chi connectivity index (χ0n) is 11.6. The van der Waals surface area contributed by atoms with Crippen LogP contribution in [0.5, 0.6) is 0 Å². The molecule has 0 saturated carbocycles. The van der Waals surface area contributed by atoms with Crippen LogP contribution in [0.1, 0.15) is 6.23 Å². The van der Waals surface area contributed by atoms with Gasteiger partial charge in [-0.15, -0.1) is 0 Å². The average Bonchev–Trinajstić information content (AvgIpc) is 3.06. The lowest BCUT2D eigenvalue weighted by molar-refractivity contribution is -0.0489. The van der Waals surface area contributed by atoms with Crippen LogP contribution >= 0.6 is 7.75 Å². The number of nitrogens with one attached hydrogen (secondary N) is 2. The predicted molar refractivity (Wildman–Crippen MR) is 73.6 cm³/mol. The van der Waals surface area contributed by atoms with Gasteiger partial charge in [-0.1, -0.05) is 0 Å². The number of ether oxygens (including phenoxy) is 1. The van der Waals surface area contributed by atoms with E-state index in [0.717, 1.165) is 0 Å². The van der Waals surface area contributed by atoms with Crippen LogP contribution in [0.4, 0.5) is 0 Å². The summed E-state index contributed by atoms with van der Waals surface area (Å²) in [6, 6.07) is 0. The van der Waals surface area contributed by atoms with E-state index in [2.05, 4.69) is 19.5 Å². The molecule has 13 heteroatoms. The van der Waals surface area contributed by atoms with Crippen LogP contribution < -0.4 is 11.0 Å². The van der Waals surface area contributed by atoms with E-state index in [4.69, 9.17) is 20.5 Å². The molecule has 1 fully saturated rings. The van der Waals surface area contributed by atoms with Crippen LogP contribution in [0, 0.1) is 5.41 Å². The number of aliphatic hydroxyl groups excluding tert-OH is 2. The highest BCUT2D eigenvalue weighted by molar-refractivity contribution is 7.50. The van der Waals surface area contributed by atoms with Gasteiger partial charge in [-0.2, -0.15) is 0 Å². The molecule has 0 radical (unpaired) electrons. The first-order valence-electron chi connectivity index (χ1n) is 6.50. The molecule has 23 heavy (non-hydrogen) atoms. The standard InChI is InChI=1S/C10H15N6O6P/c11-8-5-9(14-2-13-5)16(3-15-8)10-7(18)6(17)4(22-10)1-21-23(12,19)20/h2-4,6-7,10-11,17-18H,1H2,(H,13,14)(H3,12,19,20). The van der Waals surface area contributed by atoms with Gasteiger partial charge in [0.05, 0.1) is 12.9 Å². The van der Waals surface area contributed by atoms with Crippen molar-refractivity contribution in [1.82, 2.24) is 19.5 Å². The first-order chi connectivity index (χ1) is 10.8. The van der Waals surface area contributed by atoms with E-state index in [1.807, 2.05) is 0 Å². The van der Waals surface area contributed by atoms with Gasteiger partial charge in [0.1, 0.15) is 30.2 Å². The van der Waals surface area contributed by atoms with Crippen LogP contribution in [0.2, 0.25) is 0 Å². The van der Waals surface area contributed by atoms with E-state index in [0.29, 0.717) is 11.2 Å². The van der Waals surface area contributed by atoms with E-state index in [1.54, 1.807) is 0 Å². The number of hydrogen-bond acceptors (Lipinski definition) is 8. The molecule has 1 aliphatic heterocycles. The zero-order valence-corrected chi connectivity index (χ0v) is 12.5. The maximum absolute atomic E-state index is 10.9. The lowest BCUT2D eigenvalue weighted by Crippen LogP contribution is -2.34. The average molecular weight is 346 g/mol. The maximum atomic E-state index is 10.9. The van der Waals surface area contributed by atoms with Gasteiger partial charge < -0.3 is 24.8 Å². The number of aliphatic hydroxyl groups is 2. The van der Waals surface area contributed by atoms with Crippen molar-refractivity contribution in [2.24, 2.45) is 5.50 Å². The van der Waals surface area contributed by atoms with Gasteiger partial charge in [-0.3, -0.25) is 14.5 Å². The molecule has 0 bridgehead atoms. The number of hydrogen-bond donors (Lipinski definition) is 6. The minimum absolute atomic E-state index is 0.0361. The second kappa shape index (κ2) is 5.76. The highest BCUT2D eigenvalue weighted by atomic mass is 31.2. The second-order valence-corrected chi connectivity index (χ2v) is 6.39. The van der Waals surface area contributed by atoms with Crippen molar-refractivity contribution in [1.29, 1.82) is 5.41 Å². The molecule has 126 valence electrons. The molecule has 0 amide bonds. The van der Waals surface area contributed by atoms with E-state index in [-0.39, 0.29) is 5.49 Å². The van der Waals surface area contributed by atoms with Crippen molar-refractivity contribution < 1.29 is 28.9 Å². The largest absolute Gasteiger partial charge is 0.400 e. The van der Waals surface area contributed by atoms with Crippen LogP contribution in [-0.2, 0) is 13.8 Å². The van der Waals surface area contributed by atoms with E-state index >= 15 is 0 Å². The Kier molecular flexibility index (Phi) is 4.06. The second-order valence-electron chi connectivity index (χ2n) is 5.01. The van der Waals surface area contributed by atoms with Gasteiger partial charge in [-0.25, -0.2) is 20.0 Å². The molecule has 1 aliphatic rings. The molecule has 12 nitrogen and oxygen atoms in total. The van der Waals surface area contributed by atoms with Crippen molar-refractivity contribution in [3.05, 3.63) is 18.1 Å².